The van der Waals surface area contributed by atoms with Gasteiger partial charge in [-0.05, 0) is 28.3 Å². The van der Waals surface area contributed by atoms with Gasteiger partial charge in [0.2, 0.25) is 0 Å². The molecule has 4 heteroatoms. The molecule has 0 saturated carbocycles. The third-order valence-corrected chi connectivity index (χ3v) is 2.40. The molecule has 1 rings (SSSR count). The number of carbonyl (C=O) groups is 1. The second kappa shape index (κ2) is 4.54. The molecule has 1 heterocycles. The van der Waals surface area contributed by atoms with Crippen LogP contribution in [0.4, 0.5) is 4.79 Å². The monoisotopic (exact) mass is 214 g/mol. The fourth-order valence-corrected chi connectivity index (χ4v) is 2.09. The normalized spacial score (nSPS) is 9.69. The van der Waals surface area contributed by atoms with Crippen LogP contribution in [0.15, 0.2) is 24.3 Å². The zero-order valence-corrected chi connectivity index (χ0v) is 9.34. The summed E-state index contributed by atoms with van der Waals surface area (Å²) in [7, 11) is 1.98. The Kier molecular flexibility index (Phi) is 3.64. The van der Waals surface area contributed by atoms with E-state index in [4.69, 9.17) is 4.74 Å². The lowest BCUT2D eigenvalue weighted by atomic mass is 10.2. The molecule has 70 valence electrons. The first-order valence-corrected chi connectivity index (χ1v) is 5.17. The lowest BCUT2D eigenvalue weighted by Crippen LogP contribution is -1.91. The number of carbonyl (C=O) groups excluding carboxylic acids is 1. The molecule has 0 N–H and O–H groups in total. The van der Waals surface area contributed by atoms with Crippen LogP contribution >= 0.6 is 20.6 Å². The molecule has 1 aromatic heterocycles. The number of allylic oxidation sites excluding steroid dienone is 1. The highest BCUT2D eigenvalue weighted by Gasteiger charge is 2.03. The summed E-state index contributed by atoms with van der Waals surface area (Å²) in [6.07, 6.45) is 0.846. The number of thiophene rings is 1. The van der Waals surface area contributed by atoms with Crippen molar-refractivity contribution in [3.05, 3.63) is 29.2 Å². The Hall–Kier alpha value is -0.660. The van der Waals surface area contributed by atoms with Crippen molar-refractivity contribution in [1.29, 1.82) is 0 Å². The molecule has 0 bridgehead atoms. The molecule has 0 radical (unpaired) electrons. The minimum absolute atomic E-state index is 0.358. The third-order valence-electron chi connectivity index (χ3n) is 1.31. The van der Waals surface area contributed by atoms with Crippen molar-refractivity contribution in [2.45, 2.75) is 13.3 Å². The summed E-state index contributed by atoms with van der Waals surface area (Å²) in [6, 6.07) is 3.74. The van der Waals surface area contributed by atoms with Gasteiger partial charge in [0.1, 0.15) is 0 Å². The summed E-state index contributed by atoms with van der Waals surface area (Å²) in [5.74, 6) is 0. The topological polar surface area (TPSA) is 26.3 Å². The van der Waals surface area contributed by atoms with E-state index in [1.165, 1.54) is 11.3 Å². The van der Waals surface area contributed by atoms with E-state index in [9.17, 15) is 4.79 Å². The average molecular weight is 214 g/mol. The molecule has 0 aliphatic rings. The van der Waals surface area contributed by atoms with Crippen LogP contribution in [-0.2, 0) is 6.42 Å². The fraction of sp³-hybridized carbons (Fsp3) is 0.222. The quantitative estimate of drug-likeness (QED) is 0.570. The number of ether oxygens (including phenoxy) is 1. The highest BCUT2D eigenvalue weighted by atomic mass is 32.1. The van der Waals surface area contributed by atoms with Gasteiger partial charge in [0, 0.05) is 11.3 Å². The first-order valence-electron chi connectivity index (χ1n) is 3.78. The Morgan fingerprint density at radius 2 is 2.38 bits per heavy atom. The van der Waals surface area contributed by atoms with Crippen LogP contribution in [0.5, 0.6) is 5.06 Å². The van der Waals surface area contributed by atoms with E-state index in [1.54, 1.807) is 6.07 Å². The largest absolute Gasteiger partial charge is 0.413 e. The van der Waals surface area contributed by atoms with Gasteiger partial charge in [-0.15, -0.1) is 11.3 Å². The minimum Gasteiger partial charge on any atom is -0.413 e. The second-order valence-corrected chi connectivity index (χ2v) is 4.38. The predicted molar refractivity (Wildman–Crippen MR) is 58.6 cm³/mol. The van der Waals surface area contributed by atoms with Crippen LogP contribution in [0.1, 0.15) is 11.8 Å². The van der Waals surface area contributed by atoms with Crippen molar-refractivity contribution >= 4 is 26.3 Å². The molecule has 0 fully saturated rings. The van der Waals surface area contributed by atoms with Crippen molar-refractivity contribution in [3.8, 4) is 5.06 Å². The molecule has 13 heavy (non-hydrogen) atoms. The zero-order chi connectivity index (χ0) is 9.84. The van der Waals surface area contributed by atoms with E-state index in [2.05, 4.69) is 6.58 Å². The van der Waals surface area contributed by atoms with E-state index < -0.39 is 0 Å². The molecule has 1 unspecified atom stereocenters. The summed E-state index contributed by atoms with van der Waals surface area (Å²) < 4.78 is 4.89. The molecule has 0 spiro atoms. The Morgan fingerprint density at radius 3 is 2.92 bits per heavy atom. The van der Waals surface area contributed by atoms with Gasteiger partial charge in [0.05, 0.1) is 0 Å². The number of hydrogen-bond acceptors (Lipinski definition) is 3. The van der Waals surface area contributed by atoms with Crippen molar-refractivity contribution in [2.75, 3.05) is 0 Å². The highest BCUT2D eigenvalue weighted by molar-refractivity contribution is 7.39. The van der Waals surface area contributed by atoms with Crippen molar-refractivity contribution in [1.82, 2.24) is 0 Å². The van der Waals surface area contributed by atoms with Gasteiger partial charge in [-0.3, -0.25) is 0 Å². The van der Waals surface area contributed by atoms with E-state index >= 15 is 0 Å². The molecule has 0 aromatic carbocycles. The minimum atomic E-state index is -0.358. The molecule has 2 nitrogen and oxygen atoms in total. The molecule has 0 amide bonds. The van der Waals surface area contributed by atoms with Crippen LogP contribution < -0.4 is 4.74 Å². The number of hydrogen-bond donors (Lipinski definition) is 0. The molecular formula is C9H11O2PS. The molecule has 1 aromatic rings. The summed E-state index contributed by atoms with van der Waals surface area (Å²) in [5, 5.41) is 0.635. The lowest BCUT2D eigenvalue weighted by molar-refractivity contribution is 0.228. The molecule has 0 saturated heterocycles. The van der Waals surface area contributed by atoms with E-state index in [0.29, 0.717) is 5.06 Å². The van der Waals surface area contributed by atoms with E-state index in [0.717, 1.165) is 16.9 Å². The zero-order valence-electron chi connectivity index (χ0n) is 7.37. The Labute approximate surface area is 83.8 Å². The van der Waals surface area contributed by atoms with E-state index in [1.807, 2.05) is 22.2 Å². The fourth-order valence-electron chi connectivity index (χ4n) is 0.905. The second-order valence-electron chi connectivity index (χ2n) is 2.78. The average Bonchev–Trinajstić information content (AvgIpc) is 2.33. The third kappa shape index (κ3) is 3.71. The van der Waals surface area contributed by atoms with Gasteiger partial charge in [0.15, 0.2) is 5.06 Å². The molecule has 1 atom stereocenters. The van der Waals surface area contributed by atoms with Crippen LogP contribution in [0, 0.1) is 0 Å². The summed E-state index contributed by atoms with van der Waals surface area (Å²) in [5.41, 5.74) is 0.745. The van der Waals surface area contributed by atoms with Crippen molar-refractivity contribution in [3.63, 3.8) is 0 Å². The SMILES string of the molecule is C=C(C)Cc1ccc(OC(=O)P)s1. The Morgan fingerprint density at radius 1 is 1.69 bits per heavy atom. The Balaban J connectivity index is 2.63. The molecular weight excluding hydrogens is 203 g/mol. The predicted octanol–water partition coefficient (Wildman–Crippen LogP) is 3.24. The lowest BCUT2D eigenvalue weighted by Gasteiger charge is -1.95. The van der Waals surface area contributed by atoms with Crippen molar-refractivity contribution < 1.29 is 9.53 Å². The first kappa shape index (κ1) is 10.4. The van der Waals surface area contributed by atoms with Crippen LogP contribution in [0.3, 0.4) is 0 Å². The maximum Gasteiger partial charge on any atom is 0.325 e. The van der Waals surface area contributed by atoms with Gasteiger partial charge in [-0.25, -0.2) is 4.79 Å². The van der Waals surface area contributed by atoms with Gasteiger partial charge in [-0.2, -0.15) is 0 Å². The smallest absolute Gasteiger partial charge is 0.325 e. The highest BCUT2D eigenvalue weighted by Crippen LogP contribution is 2.26. The van der Waals surface area contributed by atoms with E-state index in [-0.39, 0.29) is 5.71 Å². The van der Waals surface area contributed by atoms with Crippen LogP contribution in [0.25, 0.3) is 0 Å². The van der Waals surface area contributed by atoms with Crippen LogP contribution in [0.2, 0.25) is 0 Å². The summed E-state index contributed by atoms with van der Waals surface area (Å²) >= 11 is 1.47. The maximum absolute atomic E-state index is 10.6. The van der Waals surface area contributed by atoms with Gasteiger partial charge in [-0.1, -0.05) is 12.2 Å². The molecule has 0 aliphatic heterocycles. The standard InChI is InChI=1S/C9H11O2PS/c1-6(2)5-7-3-4-8(13-7)11-9(10)12/h3-4H,1,5,12H2,2H3. The maximum atomic E-state index is 10.6. The first-order chi connectivity index (χ1) is 6.08. The number of rotatable bonds is 3. The van der Waals surface area contributed by atoms with Crippen molar-refractivity contribution in [2.24, 2.45) is 0 Å². The Bertz CT molecular complexity index is 300. The van der Waals surface area contributed by atoms with Gasteiger partial charge < -0.3 is 4.74 Å². The molecule has 0 aliphatic carbocycles. The summed E-state index contributed by atoms with van der Waals surface area (Å²) in [6.45, 7) is 5.79. The summed E-state index contributed by atoms with van der Waals surface area (Å²) in [4.78, 5) is 11.7. The van der Waals surface area contributed by atoms with Gasteiger partial charge >= 0.3 is 5.71 Å². The van der Waals surface area contributed by atoms with Crippen LogP contribution in [-0.4, -0.2) is 5.71 Å². The van der Waals surface area contributed by atoms with Gasteiger partial charge in [0.25, 0.3) is 0 Å².